The van der Waals surface area contributed by atoms with E-state index >= 15 is 0 Å². The van der Waals surface area contributed by atoms with Crippen LogP contribution in [0, 0.1) is 0 Å². The quantitative estimate of drug-likeness (QED) is 0.871. The number of nitrogens with zero attached hydrogens (tertiary/aromatic N) is 4. The van der Waals surface area contributed by atoms with Crippen molar-refractivity contribution in [1.82, 2.24) is 24.6 Å². The number of rotatable bonds is 2. The van der Waals surface area contributed by atoms with E-state index in [1.165, 1.54) is 6.07 Å². The van der Waals surface area contributed by atoms with Crippen molar-refractivity contribution in [3.63, 3.8) is 0 Å². The van der Waals surface area contributed by atoms with E-state index in [4.69, 9.17) is 0 Å². The fourth-order valence-electron chi connectivity index (χ4n) is 2.66. The number of carbonyl (C=O) groups is 1. The van der Waals surface area contributed by atoms with Gasteiger partial charge in [-0.05, 0) is 18.9 Å². The van der Waals surface area contributed by atoms with Crippen LogP contribution in [0.2, 0.25) is 0 Å². The highest BCUT2D eigenvalue weighted by molar-refractivity contribution is 5.92. The molecule has 1 N–H and O–H groups in total. The van der Waals surface area contributed by atoms with Gasteiger partial charge in [-0.3, -0.25) is 14.3 Å². The predicted molar refractivity (Wildman–Crippen MR) is 73.8 cm³/mol. The average molecular weight is 285 g/mol. The molecule has 2 aromatic rings. The van der Waals surface area contributed by atoms with Gasteiger partial charge in [0.25, 0.3) is 11.5 Å². The summed E-state index contributed by atoms with van der Waals surface area (Å²) in [6, 6.07) is 3.19. The van der Waals surface area contributed by atoms with Gasteiger partial charge in [0.15, 0.2) is 0 Å². The lowest BCUT2D eigenvalue weighted by Gasteiger charge is -2.27. The lowest BCUT2D eigenvalue weighted by atomic mass is 10.2. The summed E-state index contributed by atoms with van der Waals surface area (Å²) in [5, 5.41) is 4.19. The van der Waals surface area contributed by atoms with Crippen molar-refractivity contribution >= 4 is 5.91 Å². The smallest absolute Gasteiger partial charge is 0.273 e. The predicted octanol–water partition coefficient (Wildman–Crippen LogP) is 0.500. The van der Waals surface area contributed by atoms with Gasteiger partial charge in [-0.25, -0.2) is 4.98 Å². The molecule has 0 bridgehead atoms. The van der Waals surface area contributed by atoms with Gasteiger partial charge >= 0.3 is 0 Å². The molecular formula is C14H15N5O2. The van der Waals surface area contributed by atoms with Gasteiger partial charge < -0.3 is 9.88 Å². The molecule has 0 atom stereocenters. The molecule has 7 heteroatoms. The molecule has 7 nitrogen and oxygen atoms in total. The Kier molecular flexibility index (Phi) is 2.66. The van der Waals surface area contributed by atoms with Crippen molar-refractivity contribution in [1.29, 1.82) is 0 Å². The second-order valence-electron chi connectivity index (χ2n) is 5.56. The molecule has 1 saturated carbocycles. The van der Waals surface area contributed by atoms with Crippen LogP contribution in [0.4, 0.5) is 0 Å². The Hall–Kier alpha value is -2.44. The summed E-state index contributed by atoms with van der Waals surface area (Å²) in [5.41, 5.74) is 0.993. The fraction of sp³-hybridized carbons (Fsp3) is 0.429. The minimum absolute atomic E-state index is 0.185. The Morgan fingerprint density at radius 2 is 2.19 bits per heavy atom. The summed E-state index contributed by atoms with van der Waals surface area (Å²) in [6.07, 6.45) is 3.80. The third-order valence-corrected chi connectivity index (χ3v) is 3.97. The standard InChI is InChI=1S/C14H15N5O2/c20-12-7-11(16-13(17-12)9-1-2-9)14(21)18-5-6-19-10(8-18)3-4-15-19/h3-4,7,9H,1-2,5-6,8H2,(H,16,17,20). The van der Waals surface area contributed by atoms with Gasteiger partial charge in [0, 0.05) is 24.7 Å². The van der Waals surface area contributed by atoms with E-state index in [2.05, 4.69) is 15.1 Å². The number of carbonyl (C=O) groups excluding carboxylic acids is 1. The van der Waals surface area contributed by atoms with Crippen molar-refractivity contribution in [3.05, 3.63) is 45.9 Å². The van der Waals surface area contributed by atoms with E-state index in [1.54, 1.807) is 11.1 Å². The molecular weight excluding hydrogens is 270 g/mol. The van der Waals surface area contributed by atoms with E-state index in [0.29, 0.717) is 31.4 Å². The molecule has 0 radical (unpaired) electrons. The van der Waals surface area contributed by atoms with E-state index < -0.39 is 0 Å². The Labute approximate surface area is 120 Å². The van der Waals surface area contributed by atoms with Crippen molar-refractivity contribution in [3.8, 4) is 0 Å². The molecule has 2 aromatic heterocycles. The first-order valence-electron chi connectivity index (χ1n) is 7.12. The third-order valence-electron chi connectivity index (χ3n) is 3.97. The lowest BCUT2D eigenvalue weighted by Crippen LogP contribution is -2.39. The molecule has 1 fully saturated rings. The summed E-state index contributed by atoms with van der Waals surface area (Å²) < 4.78 is 1.89. The molecule has 1 aliphatic heterocycles. The number of hydrogen-bond donors (Lipinski definition) is 1. The zero-order valence-corrected chi connectivity index (χ0v) is 11.5. The summed E-state index contributed by atoms with van der Waals surface area (Å²) in [5.74, 6) is 0.775. The van der Waals surface area contributed by atoms with Crippen LogP contribution in [0.3, 0.4) is 0 Å². The van der Waals surface area contributed by atoms with Crippen LogP contribution < -0.4 is 5.56 Å². The summed E-state index contributed by atoms with van der Waals surface area (Å²) in [7, 11) is 0. The first kappa shape index (κ1) is 12.3. The summed E-state index contributed by atoms with van der Waals surface area (Å²) in [4.78, 5) is 33.1. The van der Waals surface area contributed by atoms with Crippen LogP contribution in [0.15, 0.2) is 23.1 Å². The maximum absolute atomic E-state index is 12.6. The van der Waals surface area contributed by atoms with E-state index in [0.717, 1.165) is 18.5 Å². The normalized spacial score (nSPS) is 17.6. The van der Waals surface area contributed by atoms with Gasteiger partial charge in [-0.15, -0.1) is 0 Å². The van der Waals surface area contributed by atoms with Crippen molar-refractivity contribution in [2.45, 2.75) is 31.8 Å². The zero-order chi connectivity index (χ0) is 14.4. The Morgan fingerprint density at radius 3 is 3.00 bits per heavy atom. The largest absolute Gasteiger partial charge is 0.330 e. The van der Waals surface area contributed by atoms with Crippen LogP contribution in [0.1, 0.15) is 40.8 Å². The minimum atomic E-state index is -0.252. The number of aromatic amines is 1. The Morgan fingerprint density at radius 1 is 1.33 bits per heavy atom. The van der Waals surface area contributed by atoms with Crippen molar-refractivity contribution in [2.24, 2.45) is 0 Å². The van der Waals surface area contributed by atoms with E-state index in [9.17, 15) is 9.59 Å². The fourth-order valence-corrected chi connectivity index (χ4v) is 2.66. The highest BCUT2D eigenvalue weighted by Gasteiger charge is 2.28. The van der Waals surface area contributed by atoms with Crippen LogP contribution >= 0.6 is 0 Å². The number of amides is 1. The molecule has 0 saturated heterocycles. The molecule has 0 aromatic carbocycles. The van der Waals surface area contributed by atoms with Gasteiger partial charge in [0.2, 0.25) is 0 Å². The Bertz CT molecular complexity index is 759. The minimum Gasteiger partial charge on any atom is -0.330 e. The Balaban J connectivity index is 1.62. The number of hydrogen-bond acceptors (Lipinski definition) is 4. The van der Waals surface area contributed by atoms with Crippen molar-refractivity contribution in [2.75, 3.05) is 6.54 Å². The number of nitrogens with one attached hydrogen (secondary N) is 1. The second kappa shape index (κ2) is 4.54. The van der Waals surface area contributed by atoms with Crippen LogP contribution in [0.25, 0.3) is 0 Å². The molecule has 2 aliphatic rings. The summed E-state index contributed by atoms with van der Waals surface area (Å²) in [6.45, 7) is 1.76. The topological polar surface area (TPSA) is 83.9 Å². The molecule has 1 amide bonds. The van der Waals surface area contributed by atoms with Gasteiger partial charge in [0.1, 0.15) is 11.5 Å². The first-order valence-corrected chi connectivity index (χ1v) is 7.12. The van der Waals surface area contributed by atoms with Crippen LogP contribution in [0.5, 0.6) is 0 Å². The molecule has 1 aliphatic carbocycles. The average Bonchev–Trinajstić information content (AvgIpc) is 3.23. The maximum atomic E-state index is 12.6. The summed E-state index contributed by atoms with van der Waals surface area (Å²) >= 11 is 0. The van der Waals surface area contributed by atoms with Crippen molar-refractivity contribution < 1.29 is 4.79 Å². The second-order valence-corrected chi connectivity index (χ2v) is 5.56. The van der Waals surface area contributed by atoms with Crippen LogP contribution in [-0.4, -0.2) is 37.1 Å². The van der Waals surface area contributed by atoms with Gasteiger partial charge in [-0.2, -0.15) is 5.10 Å². The number of H-pyrrole nitrogens is 1. The zero-order valence-electron chi connectivity index (χ0n) is 11.5. The van der Waals surface area contributed by atoms with E-state index in [-0.39, 0.29) is 17.2 Å². The molecule has 21 heavy (non-hydrogen) atoms. The SMILES string of the molecule is O=C(c1cc(=O)[nH]c(C2CC2)n1)N1CCn2nccc2C1. The first-order chi connectivity index (χ1) is 10.2. The number of aromatic nitrogens is 4. The van der Waals surface area contributed by atoms with Crippen LogP contribution in [-0.2, 0) is 13.1 Å². The number of fused-ring (bicyclic) bond motifs is 1. The highest BCUT2D eigenvalue weighted by atomic mass is 16.2. The highest BCUT2D eigenvalue weighted by Crippen LogP contribution is 2.37. The molecule has 108 valence electrons. The molecule has 3 heterocycles. The third kappa shape index (κ3) is 2.24. The lowest BCUT2D eigenvalue weighted by molar-refractivity contribution is 0.0699. The maximum Gasteiger partial charge on any atom is 0.273 e. The molecule has 0 spiro atoms. The van der Waals surface area contributed by atoms with Gasteiger partial charge in [0.05, 0.1) is 18.8 Å². The molecule has 0 unspecified atom stereocenters. The van der Waals surface area contributed by atoms with E-state index in [1.807, 2.05) is 10.7 Å². The monoisotopic (exact) mass is 285 g/mol. The van der Waals surface area contributed by atoms with Gasteiger partial charge in [-0.1, -0.05) is 0 Å². The molecule has 4 rings (SSSR count).